The molecule has 0 spiro atoms. The van der Waals surface area contributed by atoms with E-state index in [1.807, 2.05) is 0 Å². The van der Waals surface area contributed by atoms with Gasteiger partial charge in [0.1, 0.15) is 0 Å². The molecule has 3 nitrogen and oxygen atoms in total. The lowest BCUT2D eigenvalue weighted by atomic mass is 9.84. The quantitative estimate of drug-likeness (QED) is 0.147. The lowest BCUT2D eigenvalue weighted by Gasteiger charge is -2.29. The first-order chi connectivity index (χ1) is 24.2. The number of aryl methyl sites for hydroxylation is 1. The Morgan fingerprint density at radius 3 is 2.29 bits per heavy atom. The van der Waals surface area contributed by atoms with Crippen LogP contribution in [0.25, 0.3) is 67.2 Å². The largest absolute Gasteiger partial charge is 0.305 e. The van der Waals surface area contributed by atoms with E-state index < -0.39 is 0 Å². The number of fused-ring (bicyclic) bond motifs is 7. The molecule has 2 aliphatic carbocycles. The highest BCUT2D eigenvalue weighted by atomic mass is 14.9. The van der Waals surface area contributed by atoms with Crippen LogP contribution in [-0.4, -0.2) is 9.97 Å². The summed E-state index contributed by atoms with van der Waals surface area (Å²) in [6.45, 7) is 2.81. The van der Waals surface area contributed by atoms with E-state index in [9.17, 15) is 0 Å². The van der Waals surface area contributed by atoms with E-state index in [-0.39, 0.29) is 12.0 Å². The second kappa shape index (κ2) is 12.4. The van der Waals surface area contributed by atoms with E-state index in [1.165, 1.54) is 44.0 Å². The summed E-state index contributed by atoms with van der Waals surface area (Å²) in [6.07, 6.45) is 15.7. The molecular weight excluding hydrogens is 595 g/mol. The third-order valence-corrected chi connectivity index (χ3v) is 10.2. The Morgan fingerprint density at radius 2 is 1.43 bits per heavy atom. The molecular formula is C46H37N3. The van der Waals surface area contributed by atoms with Crippen LogP contribution in [0.15, 0.2) is 140 Å². The second-order valence-electron chi connectivity index (χ2n) is 13.3. The molecule has 2 unspecified atom stereocenters. The molecule has 0 amide bonds. The van der Waals surface area contributed by atoms with Gasteiger partial charge in [-0.05, 0) is 77.7 Å². The summed E-state index contributed by atoms with van der Waals surface area (Å²) < 4.78 is 0. The molecule has 0 aliphatic heterocycles. The first-order valence-electron chi connectivity index (χ1n) is 17.4. The van der Waals surface area contributed by atoms with E-state index in [2.05, 4.69) is 164 Å². The minimum atomic E-state index is 0.173. The van der Waals surface area contributed by atoms with Crippen molar-refractivity contribution in [2.45, 2.75) is 32.4 Å². The van der Waals surface area contributed by atoms with Crippen LogP contribution in [0.2, 0.25) is 0 Å². The van der Waals surface area contributed by atoms with Gasteiger partial charge in [0, 0.05) is 51.4 Å². The number of pyridine rings is 2. The summed E-state index contributed by atoms with van der Waals surface area (Å²) in [7, 11) is 0. The van der Waals surface area contributed by atoms with E-state index in [0.29, 0.717) is 6.54 Å². The summed E-state index contributed by atoms with van der Waals surface area (Å²) in [5.74, 6) is 0.277. The van der Waals surface area contributed by atoms with Gasteiger partial charge >= 0.3 is 0 Å². The fourth-order valence-electron chi connectivity index (χ4n) is 7.72. The average molecular weight is 632 g/mol. The molecule has 3 heteroatoms. The van der Waals surface area contributed by atoms with E-state index in [1.54, 1.807) is 0 Å². The maximum atomic E-state index is 5.33. The van der Waals surface area contributed by atoms with Crippen molar-refractivity contribution >= 4 is 44.7 Å². The molecule has 0 saturated heterocycles. The van der Waals surface area contributed by atoms with Gasteiger partial charge in [0.15, 0.2) is 0 Å². The van der Waals surface area contributed by atoms with Gasteiger partial charge in [0.25, 0.3) is 0 Å². The number of aromatic nitrogens is 2. The van der Waals surface area contributed by atoms with Gasteiger partial charge in [-0.3, -0.25) is 0 Å². The number of benzene rings is 5. The Morgan fingerprint density at radius 1 is 0.714 bits per heavy atom. The zero-order valence-electron chi connectivity index (χ0n) is 27.6. The molecule has 2 aromatic heterocycles. The summed E-state index contributed by atoms with van der Waals surface area (Å²) in [6, 6.07) is 41.9. The third kappa shape index (κ3) is 5.47. The Bertz CT molecular complexity index is 2480. The number of allylic oxidation sites excluding steroid dienone is 2. The molecule has 2 atom stereocenters. The Balaban J connectivity index is 1.17. The highest BCUT2D eigenvalue weighted by Gasteiger charge is 2.24. The topological polar surface area (TPSA) is 37.8 Å². The van der Waals surface area contributed by atoms with Crippen molar-refractivity contribution in [3.05, 3.63) is 167 Å². The third-order valence-electron chi connectivity index (χ3n) is 10.2. The summed E-state index contributed by atoms with van der Waals surface area (Å²) in [5, 5.41) is 8.66. The zero-order chi connectivity index (χ0) is 32.7. The van der Waals surface area contributed by atoms with Gasteiger partial charge in [-0.2, -0.15) is 0 Å². The molecule has 0 radical (unpaired) electrons. The number of hydrogen-bond acceptors (Lipinski definition) is 3. The average Bonchev–Trinajstić information content (AvgIpc) is 3.17. The lowest BCUT2D eigenvalue weighted by Crippen LogP contribution is -2.28. The minimum absolute atomic E-state index is 0.173. The van der Waals surface area contributed by atoms with Crippen molar-refractivity contribution in [3.63, 3.8) is 0 Å². The Labute approximate surface area is 287 Å². The molecule has 2 aliphatic rings. The number of nitrogens with zero attached hydrogens (tertiary/aromatic N) is 2. The fraction of sp³-hybridized carbons (Fsp3) is 0.130. The molecule has 5 aromatic carbocycles. The van der Waals surface area contributed by atoms with Crippen molar-refractivity contribution in [2.75, 3.05) is 0 Å². The fourth-order valence-corrected chi connectivity index (χ4v) is 7.72. The van der Waals surface area contributed by atoms with E-state index >= 15 is 0 Å². The molecule has 7 aromatic rings. The zero-order valence-corrected chi connectivity index (χ0v) is 27.6. The molecule has 9 rings (SSSR count). The van der Waals surface area contributed by atoms with Crippen molar-refractivity contribution in [3.8, 4) is 22.5 Å². The Hall–Kier alpha value is -5.64. The minimum Gasteiger partial charge on any atom is -0.305 e. The Kier molecular flexibility index (Phi) is 7.48. The molecule has 0 saturated carbocycles. The van der Waals surface area contributed by atoms with Gasteiger partial charge in [-0.1, -0.05) is 121 Å². The normalized spacial score (nSPS) is 16.8. The van der Waals surface area contributed by atoms with Crippen LogP contribution in [-0.2, 0) is 13.0 Å². The van der Waals surface area contributed by atoms with Crippen LogP contribution < -0.4 is 5.32 Å². The number of nitrogens with one attached hydrogen (secondary N) is 1. The summed E-state index contributed by atoms with van der Waals surface area (Å²) >= 11 is 0. The smallest absolute Gasteiger partial charge is 0.0787 e. The van der Waals surface area contributed by atoms with Crippen molar-refractivity contribution in [1.82, 2.24) is 15.3 Å². The maximum absolute atomic E-state index is 5.33. The van der Waals surface area contributed by atoms with Crippen LogP contribution in [0.5, 0.6) is 0 Å². The van der Waals surface area contributed by atoms with Crippen LogP contribution in [0.4, 0.5) is 0 Å². The number of rotatable bonds is 6. The maximum Gasteiger partial charge on any atom is 0.0787 e. The van der Waals surface area contributed by atoms with Crippen LogP contribution in [0, 0.1) is 5.92 Å². The number of hydrogen-bond donors (Lipinski definition) is 1. The first-order valence-corrected chi connectivity index (χ1v) is 17.4. The van der Waals surface area contributed by atoms with E-state index in [0.717, 1.165) is 51.8 Å². The monoisotopic (exact) mass is 631 g/mol. The molecule has 236 valence electrons. The van der Waals surface area contributed by atoms with Gasteiger partial charge in [-0.25, -0.2) is 9.97 Å². The van der Waals surface area contributed by atoms with E-state index in [4.69, 9.17) is 9.97 Å². The predicted octanol–water partition coefficient (Wildman–Crippen LogP) is 11.3. The molecule has 0 fully saturated rings. The van der Waals surface area contributed by atoms with Crippen LogP contribution in [0.3, 0.4) is 0 Å². The van der Waals surface area contributed by atoms with Crippen molar-refractivity contribution in [1.29, 1.82) is 0 Å². The highest BCUT2D eigenvalue weighted by Crippen LogP contribution is 2.36. The van der Waals surface area contributed by atoms with Gasteiger partial charge in [0.05, 0.1) is 22.4 Å². The van der Waals surface area contributed by atoms with Crippen molar-refractivity contribution in [2.24, 2.45) is 5.92 Å². The van der Waals surface area contributed by atoms with Gasteiger partial charge in [0.2, 0.25) is 0 Å². The SMILES string of the molecule is C/C=C\C1C=Cc2ccccc2C1NCc1cc(-c2ccc3ccc4c(c3n2)C=CCC4)cc(-c2ccc3ccc4ccccc4c3n2)c1. The highest BCUT2D eigenvalue weighted by molar-refractivity contribution is 6.05. The summed E-state index contributed by atoms with van der Waals surface area (Å²) in [4.78, 5) is 10.6. The summed E-state index contributed by atoms with van der Waals surface area (Å²) in [5.41, 5.74) is 12.7. The van der Waals surface area contributed by atoms with Gasteiger partial charge in [-0.15, -0.1) is 0 Å². The van der Waals surface area contributed by atoms with Crippen LogP contribution in [0.1, 0.15) is 47.2 Å². The molecule has 1 N–H and O–H groups in total. The standard InChI is InChI=1S/C46H37N3/c1-2-9-34-19-16-31-10-3-6-13-39(31)44(34)47-29-30-26-37(42-24-22-35-20-17-32-11-4-7-14-40(32)45(35)48-42)28-38(27-30)43-25-23-36-21-18-33-12-5-8-15-41(33)46(36)49-43/h2-4,6-11,13-28,34,44,47H,5,12,29H2,1H3/b9-2-. The first kappa shape index (κ1) is 29.5. The lowest BCUT2D eigenvalue weighted by molar-refractivity contribution is 0.469. The molecule has 49 heavy (non-hydrogen) atoms. The van der Waals surface area contributed by atoms with Gasteiger partial charge < -0.3 is 5.32 Å². The van der Waals surface area contributed by atoms with Crippen molar-refractivity contribution < 1.29 is 0 Å². The second-order valence-corrected chi connectivity index (χ2v) is 13.3. The molecule has 2 heterocycles. The predicted molar refractivity (Wildman–Crippen MR) is 206 cm³/mol. The van der Waals surface area contributed by atoms with Crippen LogP contribution >= 0.6 is 0 Å². The molecule has 0 bridgehead atoms.